The van der Waals surface area contributed by atoms with Crippen LogP contribution in [-0.2, 0) is 9.47 Å². The molecule has 0 saturated carbocycles. The van der Waals surface area contributed by atoms with Gasteiger partial charge in [-0.05, 0) is 30.7 Å². The minimum Gasteiger partial charge on any atom is -0.387 e. The third kappa shape index (κ3) is 4.23. The van der Waals surface area contributed by atoms with Gasteiger partial charge in [0.15, 0.2) is 23.2 Å². The van der Waals surface area contributed by atoms with E-state index < -0.39 is 24.5 Å². The summed E-state index contributed by atoms with van der Waals surface area (Å²) in [5.41, 5.74) is 1.11. The smallest absolute Gasteiger partial charge is 0.167 e. The molecule has 164 valence electrons. The molecule has 0 radical (unpaired) electrons. The van der Waals surface area contributed by atoms with Crippen LogP contribution in [-0.4, -0.2) is 73.1 Å². The molecule has 3 aromatic rings. The lowest BCUT2D eigenvalue weighted by molar-refractivity contribution is -0.0289. The Hall–Kier alpha value is -1.95. The van der Waals surface area contributed by atoms with Crippen molar-refractivity contribution in [2.24, 2.45) is 0 Å². The number of nitrogens with zero attached hydrogens (tertiary/aromatic N) is 4. The Balaban J connectivity index is 1.33. The second-order valence-electron chi connectivity index (χ2n) is 7.56. The first-order chi connectivity index (χ1) is 15.1. The van der Waals surface area contributed by atoms with Crippen LogP contribution in [0.15, 0.2) is 41.8 Å². The number of thioether (sulfide) groups is 1. The van der Waals surface area contributed by atoms with E-state index in [9.17, 15) is 10.2 Å². The second-order valence-corrected chi connectivity index (χ2v) is 9.09. The Kier molecular flexibility index (Phi) is 6.00. The molecule has 0 bridgehead atoms. The fourth-order valence-electron chi connectivity index (χ4n) is 3.79. The number of nitrogens with one attached hydrogen (secondary N) is 1. The highest BCUT2D eigenvalue weighted by molar-refractivity contribution is 7.99. The van der Waals surface area contributed by atoms with E-state index in [2.05, 4.69) is 20.3 Å². The van der Waals surface area contributed by atoms with Crippen molar-refractivity contribution in [3.8, 4) is 0 Å². The summed E-state index contributed by atoms with van der Waals surface area (Å²) in [5.74, 6) is 1.09. The van der Waals surface area contributed by atoms with Crippen LogP contribution >= 0.6 is 23.4 Å². The van der Waals surface area contributed by atoms with Crippen molar-refractivity contribution in [3.63, 3.8) is 0 Å². The largest absolute Gasteiger partial charge is 0.387 e. The highest BCUT2D eigenvalue weighted by Crippen LogP contribution is 2.35. The highest BCUT2D eigenvalue weighted by atomic mass is 35.5. The Morgan fingerprint density at radius 2 is 2.00 bits per heavy atom. The van der Waals surface area contributed by atoms with Gasteiger partial charge in [0.1, 0.15) is 18.5 Å². The van der Waals surface area contributed by atoms with E-state index in [4.69, 9.17) is 21.1 Å². The number of halogens is 1. The van der Waals surface area contributed by atoms with E-state index in [1.165, 1.54) is 18.1 Å². The number of aliphatic hydroxyl groups excluding tert-OH is 2. The van der Waals surface area contributed by atoms with Crippen LogP contribution in [0.5, 0.6) is 0 Å². The molecule has 11 heteroatoms. The van der Waals surface area contributed by atoms with Gasteiger partial charge in [0.25, 0.3) is 0 Å². The molecular weight excluding hydrogens is 442 g/mol. The van der Waals surface area contributed by atoms with Crippen molar-refractivity contribution >= 4 is 40.3 Å². The lowest BCUT2D eigenvalue weighted by Gasteiger charge is -2.17. The molecular formula is C20H22ClN5O4S. The number of imidazole rings is 1. The fourth-order valence-corrected chi connectivity index (χ4v) is 4.88. The summed E-state index contributed by atoms with van der Waals surface area (Å²) in [6, 6.07) is 7.62. The molecule has 0 amide bonds. The molecule has 2 aliphatic rings. The zero-order valence-corrected chi connectivity index (χ0v) is 18.0. The third-order valence-electron chi connectivity index (χ3n) is 5.47. The van der Waals surface area contributed by atoms with Gasteiger partial charge in [0, 0.05) is 22.3 Å². The maximum absolute atomic E-state index is 10.7. The minimum absolute atomic E-state index is 0.174. The zero-order chi connectivity index (χ0) is 21.4. The first kappa shape index (κ1) is 20.9. The average molecular weight is 464 g/mol. The maximum Gasteiger partial charge on any atom is 0.167 e. The van der Waals surface area contributed by atoms with Gasteiger partial charge in [-0.15, -0.1) is 11.8 Å². The molecule has 5 rings (SSSR count). The number of hydrogen-bond donors (Lipinski definition) is 3. The SMILES string of the molecule is O[C@@H]1[C@@H](CSc2ccc(Cl)cc2)OC(n2cnc3c(N[C@@H]4CCOC4)ncnc32)[C@@H]1O. The van der Waals surface area contributed by atoms with Crippen molar-refractivity contribution in [3.05, 3.63) is 41.9 Å². The first-order valence-electron chi connectivity index (χ1n) is 10.0. The lowest BCUT2D eigenvalue weighted by atomic mass is 10.1. The van der Waals surface area contributed by atoms with Crippen LogP contribution < -0.4 is 5.32 Å². The summed E-state index contributed by atoms with van der Waals surface area (Å²) in [6.07, 6.45) is 0.423. The van der Waals surface area contributed by atoms with Gasteiger partial charge in [0.2, 0.25) is 0 Å². The number of ether oxygens (including phenoxy) is 2. The molecule has 3 N–H and O–H groups in total. The van der Waals surface area contributed by atoms with Crippen molar-refractivity contribution in [2.75, 3.05) is 24.3 Å². The highest BCUT2D eigenvalue weighted by Gasteiger charge is 2.44. The van der Waals surface area contributed by atoms with Crippen LogP contribution in [0.25, 0.3) is 11.2 Å². The lowest BCUT2D eigenvalue weighted by Crippen LogP contribution is -2.32. The Morgan fingerprint density at radius 1 is 1.16 bits per heavy atom. The van der Waals surface area contributed by atoms with Crippen molar-refractivity contribution in [1.29, 1.82) is 0 Å². The number of aromatic nitrogens is 4. The van der Waals surface area contributed by atoms with Gasteiger partial charge in [-0.1, -0.05) is 11.6 Å². The predicted octanol–water partition coefficient (Wildman–Crippen LogP) is 2.09. The molecule has 2 aromatic heterocycles. The van der Waals surface area contributed by atoms with Gasteiger partial charge in [-0.25, -0.2) is 15.0 Å². The van der Waals surface area contributed by atoms with Gasteiger partial charge in [-0.2, -0.15) is 0 Å². The predicted molar refractivity (Wildman–Crippen MR) is 116 cm³/mol. The monoisotopic (exact) mass is 463 g/mol. The Bertz CT molecular complexity index is 1050. The van der Waals surface area contributed by atoms with E-state index in [0.717, 1.165) is 17.9 Å². The van der Waals surface area contributed by atoms with Crippen LogP contribution in [0, 0.1) is 0 Å². The molecule has 2 aliphatic heterocycles. The maximum atomic E-state index is 10.7. The number of rotatable bonds is 6. The molecule has 0 spiro atoms. The number of aliphatic hydroxyl groups is 2. The topological polar surface area (TPSA) is 115 Å². The molecule has 5 atom stereocenters. The molecule has 4 heterocycles. The van der Waals surface area contributed by atoms with Crippen LogP contribution in [0.4, 0.5) is 5.82 Å². The normalized spacial score (nSPS) is 28.4. The summed E-state index contributed by atoms with van der Waals surface area (Å²) in [4.78, 5) is 14.1. The molecule has 9 nitrogen and oxygen atoms in total. The molecule has 31 heavy (non-hydrogen) atoms. The van der Waals surface area contributed by atoms with Gasteiger partial charge in [-0.3, -0.25) is 4.57 Å². The van der Waals surface area contributed by atoms with E-state index in [1.807, 2.05) is 24.3 Å². The molecule has 2 fully saturated rings. The number of benzene rings is 1. The van der Waals surface area contributed by atoms with Crippen LogP contribution in [0.1, 0.15) is 12.6 Å². The van der Waals surface area contributed by atoms with Gasteiger partial charge < -0.3 is 25.0 Å². The van der Waals surface area contributed by atoms with E-state index >= 15 is 0 Å². The summed E-state index contributed by atoms with van der Waals surface area (Å²) in [6.45, 7) is 1.34. The number of anilines is 1. The van der Waals surface area contributed by atoms with Crippen molar-refractivity contribution in [1.82, 2.24) is 19.5 Å². The van der Waals surface area contributed by atoms with E-state index in [1.54, 1.807) is 10.9 Å². The van der Waals surface area contributed by atoms with Crippen molar-refractivity contribution in [2.45, 2.75) is 41.9 Å². The summed E-state index contributed by atoms with van der Waals surface area (Å²) < 4.78 is 13.1. The van der Waals surface area contributed by atoms with Gasteiger partial charge in [0.05, 0.1) is 25.1 Å². The molecule has 2 saturated heterocycles. The number of fused-ring (bicyclic) bond motifs is 1. The van der Waals surface area contributed by atoms with E-state index in [0.29, 0.717) is 34.4 Å². The average Bonchev–Trinajstić information content (AvgIpc) is 3.50. The van der Waals surface area contributed by atoms with Crippen LogP contribution in [0.3, 0.4) is 0 Å². The zero-order valence-electron chi connectivity index (χ0n) is 16.5. The molecule has 0 aliphatic carbocycles. The minimum atomic E-state index is -1.11. The van der Waals surface area contributed by atoms with Crippen molar-refractivity contribution < 1.29 is 19.7 Å². The third-order valence-corrected chi connectivity index (χ3v) is 6.82. The Morgan fingerprint density at radius 3 is 2.77 bits per heavy atom. The standard InChI is InChI=1S/C20H22ClN5O4S/c21-11-1-3-13(4-2-11)31-8-14-16(27)17(28)20(30-14)26-10-24-15-18(22-9-23-19(15)26)25-12-5-6-29-7-12/h1-4,9-10,12,14,16-17,20,27-28H,5-8H2,(H,22,23,25)/t12-,14-,16-,17-,20?/m1/s1. The Labute approximate surface area is 187 Å². The summed E-state index contributed by atoms with van der Waals surface area (Å²) in [5, 5.41) is 25.2. The van der Waals surface area contributed by atoms with Gasteiger partial charge >= 0.3 is 0 Å². The summed E-state index contributed by atoms with van der Waals surface area (Å²) in [7, 11) is 0. The summed E-state index contributed by atoms with van der Waals surface area (Å²) >= 11 is 7.45. The van der Waals surface area contributed by atoms with Crippen LogP contribution in [0.2, 0.25) is 5.02 Å². The first-order valence-corrected chi connectivity index (χ1v) is 11.4. The van der Waals surface area contributed by atoms with E-state index in [-0.39, 0.29) is 6.04 Å². The molecule has 1 unspecified atom stereocenters. The second kappa shape index (κ2) is 8.89. The number of hydrogen-bond acceptors (Lipinski definition) is 9. The fraction of sp³-hybridized carbons (Fsp3) is 0.450. The quantitative estimate of drug-likeness (QED) is 0.472. The molecule has 1 aromatic carbocycles.